The minimum atomic E-state index is -0.242. The fraction of sp³-hybridized carbons (Fsp3) is 0.667. The first-order valence-electron chi connectivity index (χ1n) is 5.91. The molecule has 0 saturated heterocycles. The van der Waals surface area contributed by atoms with Crippen LogP contribution >= 0.6 is 11.3 Å². The van der Waals surface area contributed by atoms with Crippen molar-refractivity contribution >= 4 is 22.4 Å². The third-order valence-corrected chi connectivity index (χ3v) is 4.03. The number of ether oxygens (including phenoxy) is 1. The average Bonchev–Trinajstić information content (AvgIpc) is 2.89. The summed E-state index contributed by atoms with van der Waals surface area (Å²) in [6, 6.07) is 0. The predicted octanol–water partition coefficient (Wildman–Crippen LogP) is 2.60. The molecule has 0 spiro atoms. The molecule has 0 radical (unpaired) electrons. The van der Waals surface area contributed by atoms with Gasteiger partial charge in [-0.15, -0.1) is 11.3 Å². The van der Waals surface area contributed by atoms with Crippen LogP contribution in [0, 0.1) is 0 Å². The topological polar surface area (TPSA) is 51.2 Å². The van der Waals surface area contributed by atoms with Crippen LogP contribution in [0.1, 0.15) is 38.3 Å². The van der Waals surface area contributed by atoms with E-state index in [1.54, 1.807) is 11.3 Å². The van der Waals surface area contributed by atoms with Crippen molar-refractivity contribution in [2.24, 2.45) is 0 Å². The molecule has 17 heavy (non-hydrogen) atoms. The van der Waals surface area contributed by atoms with Crippen molar-refractivity contribution in [3.8, 4) is 0 Å². The molecule has 0 aromatic carbocycles. The van der Waals surface area contributed by atoms with E-state index in [0.717, 1.165) is 10.8 Å². The second-order valence-corrected chi connectivity index (χ2v) is 5.65. The van der Waals surface area contributed by atoms with Gasteiger partial charge in [-0.25, -0.2) is 4.98 Å². The molecule has 0 bridgehead atoms. The van der Waals surface area contributed by atoms with Gasteiger partial charge in [0, 0.05) is 10.9 Å². The van der Waals surface area contributed by atoms with E-state index < -0.39 is 0 Å². The van der Waals surface area contributed by atoms with Gasteiger partial charge in [0.15, 0.2) is 5.13 Å². The zero-order valence-electron chi connectivity index (χ0n) is 10.3. The van der Waals surface area contributed by atoms with Gasteiger partial charge in [0.05, 0.1) is 19.2 Å². The molecule has 0 amide bonds. The highest BCUT2D eigenvalue weighted by atomic mass is 32.1. The lowest BCUT2D eigenvalue weighted by Gasteiger charge is -2.24. The number of carbonyl (C=O) groups is 1. The van der Waals surface area contributed by atoms with Gasteiger partial charge in [-0.1, -0.05) is 12.8 Å². The van der Waals surface area contributed by atoms with E-state index >= 15 is 0 Å². The van der Waals surface area contributed by atoms with Gasteiger partial charge in [0.25, 0.3) is 0 Å². The zero-order valence-corrected chi connectivity index (χ0v) is 11.1. The van der Waals surface area contributed by atoms with Crippen LogP contribution in [0.5, 0.6) is 0 Å². The van der Waals surface area contributed by atoms with Gasteiger partial charge < -0.3 is 10.1 Å². The lowest BCUT2D eigenvalue weighted by Crippen LogP contribution is -2.30. The van der Waals surface area contributed by atoms with E-state index in [9.17, 15) is 4.79 Å². The number of carbonyl (C=O) groups excluding carboxylic acids is 1. The Kier molecular flexibility index (Phi) is 3.66. The van der Waals surface area contributed by atoms with E-state index in [4.69, 9.17) is 0 Å². The second-order valence-electron chi connectivity index (χ2n) is 4.79. The molecule has 2 rings (SSSR count). The number of esters is 1. The Hall–Kier alpha value is -1.10. The van der Waals surface area contributed by atoms with Crippen LogP contribution in [0.2, 0.25) is 0 Å². The van der Waals surface area contributed by atoms with E-state index in [-0.39, 0.29) is 17.9 Å². The van der Waals surface area contributed by atoms with Crippen molar-refractivity contribution in [3.05, 3.63) is 11.1 Å². The highest BCUT2D eigenvalue weighted by Crippen LogP contribution is 2.33. The fourth-order valence-corrected chi connectivity index (χ4v) is 3.06. The molecule has 1 aromatic rings. The maximum absolute atomic E-state index is 11.1. The number of thiazole rings is 1. The Morgan fingerprint density at radius 1 is 1.59 bits per heavy atom. The summed E-state index contributed by atoms with van der Waals surface area (Å²) < 4.78 is 4.62. The first kappa shape index (κ1) is 12.4. The SMILES string of the molecule is COC(=O)Cc1csc(NC2(C)CCCC2)n1. The van der Waals surface area contributed by atoms with Crippen molar-refractivity contribution in [2.75, 3.05) is 12.4 Å². The predicted molar refractivity (Wildman–Crippen MR) is 68.3 cm³/mol. The molecule has 1 aliphatic rings. The summed E-state index contributed by atoms with van der Waals surface area (Å²) in [5, 5.41) is 6.31. The number of nitrogens with one attached hydrogen (secondary N) is 1. The second kappa shape index (κ2) is 5.04. The summed E-state index contributed by atoms with van der Waals surface area (Å²) in [4.78, 5) is 15.5. The monoisotopic (exact) mass is 254 g/mol. The molecule has 0 unspecified atom stereocenters. The summed E-state index contributed by atoms with van der Waals surface area (Å²) in [7, 11) is 1.40. The lowest BCUT2D eigenvalue weighted by atomic mass is 10.0. The Morgan fingerprint density at radius 2 is 2.29 bits per heavy atom. The number of rotatable bonds is 4. The standard InChI is InChI=1S/C12H18N2O2S/c1-12(5-3-4-6-12)14-11-13-9(8-17-11)7-10(15)16-2/h8H,3-7H2,1-2H3,(H,13,14). The van der Waals surface area contributed by atoms with Gasteiger partial charge in [0.2, 0.25) is 0 Å². The third-order valence-electron chi connectivity index (χ3n) is 3.22. The highest BCUT2D eigenvalue weighted by Gasteiger charge is 2.29. The molecule has 0 atom stereocenters. The zero-order chi connectivity index (χ0) is 12.3. The Labute approximate surface area is 105 Å². The summed E-state index contributed by atoms with van der Waals surface area (Å²) in [6.07, 6.45) is 5.21. The molecular weight excluding hydrogens is 236 g/mol. The molecule has 1 N–H and O–H groups in total. The number of nitrogens with zero attached hydrogens (tertiary/aromatic N) is 1. The number of aromatic nitrogens is 1. The molecule has 1 heterocycles. The first-order valence-corrected chi connectivity index (χ1v) is 6.79. The maximum Gasteiger partial charge on any atom is 0.311 e. The summed E-state index contributed by atoms with van der Waals surface area (Å²) in [6.45, 7) is 2.24. The van der Waals surface area contributed by atoms with Crippen molar-refractivity contribution < 1.29 is 9.53 Å². The van der Waals surface area contributed by atoms with Crippen molar-refractivity contribution in [2.45, 2.75) is 44.6 Å². The van der Waals surface area contributed by atoms with E-state index in [1.807, 2.05) is 5.38 Å². The number of anilines is 1. The Morgan fingerprint density at radius 3 is 2.94 bits per heavy atom. The number of hydrogen-bond acceptors (Lipinski definition) is 5. The third kappa shape index (κ3) is 3.19. The van der Waals surface area contributed by atoms with E-state index in [0.29, 0.717) is 0 Å². The molecule has 1 fully saturated rings. The van der Waals surface area contributed by atoms with Crippen molar-refractivity contribution in [1.82, 2.24) is 4.98 Å². The summed E-state index contributed by atoms with van der Waals surface area (Å²) >= 11 is 1.56. The molecule has 94 valence electrons. The van der Waals surface area contributed by atoms with Crippen LogP contribution in [0.4, 0.5) is 5.13 Å². The fourth-order valence-electron chi connectivity index (χ4n) is 2.20. The molecule has 1 saturated carbocycles. The lowest BCUT2D eigenvalue weighted by molar-refractivity contribution is -0.139. The largest absolute Gasteiger partial charge is 0.469 e. The normalized spacial score (nSPS) is 18.0. The molecule has 1 aromatic heterocycles. The molecule has 0 aliphatic heterocycles. The minimum absolute atomic E-state index is 0.181. The minimum Gasteiger partial charge on any atom is -0.469 e. The van der Waals surface area contributed by atoms with Crippen LogP contribution in [0.3, 0.4) is 0 Å². The Bertz CT molecular complexity index is 397. The number of hydrogen-bond donors (Lipinski definition) is 1. The molecule has 4 nitrogen and oxygen atoms in total. The average molecular weight is 254 g/mol. The molecule has 5 heteroatoms. The Balaban J connectivity index is 1.96. The maximum atomic E-state index is 11.1. The summed E-state index contributed by atoms with van der Waals surface area (Å²) in [5.74, 6) is -0.242. The van der Waals surface area contributed by atoms with Gasteiger partial charge >= 0.3 is 5.97 Å². The smallest absolute Gasteiger partial charge is 0.311 e. The van der Waals surface area contributed by atoms with E-state index in [1.165, 1.54) is 32.8 Å². The quantitative estimate of drug-likeness (QED) is 0.839. The van der Waals surface area contributed by atoms with Gasteiger partial charge in [-0.2, -0.15) is 0 Å². The van der Waals surface area contributed by atoms with Gasteiger partial charge in [-0.3, -0.25) is 4.79 Å². The number of methoxy groups -OCH3 is 1. The van der Waals surface area contributed by atoms with Crippen LogP contribution in [0.15, 0.2) is 5.38 Å². The van der Waals surface area contributed by atoms with Crippen LogP contribution in [-0.2, 0) is 16.0 Å². The van der Waals surface area contributed by atoms with Crippen LogP contribution in [0.25, 0.3) is 0 Å². The van der Waals surface area contributed by atoms with Gasteiger partial charge in [-0.05, 0) is 19.8 Å². The van der Waals surface area contributed by atoms with Crippen LogP contribution in [-0.4, -0.2) is 23.6 Å². The van der Waals surface area contributed by atoms with Crippen LogP contribution < -0.4 is 5.32 Å². The first-order chi connectivity index (χ1) is 8.11. The van der Waals surface area contributed by atoms with E-state index in [2.05, 4.69) is 22.0 Å². The van der Waals surface area contributed by atoms with Gasteiger partial charge in [0.1, 0.15) is 0 Å². The molecule has 1 aliphatic carbocycles. The van der Waals surface area contributed by atoms with Crippen molar-refractivity contribution in [1.29, 1.82) is 0 Å². The highest BCUT2D eigenvalue weighted by molar-refractivity contribution is 7.13. The van der Waals surface area contributed by atoms with Crippen molar-refractivity contribution in [3.63, 3.8) is 0 Å². The molecular formula is C12H18N2O2S. The summed E-state index contributed by atoms with van der Waals surface area (Å²) in [5.41, 5.74) is 0.964.